The van der Waals surface area contributed by atoms with Crippen LogP contribution in [0.25, 0.3) is 0 Å². The largest absolute Gasteiger partial charge is 0.334 e. The van der Waals surface area contributed by atoms with E-state index in [1.165, 1.54) is 10.4 Å². The molecule has 1 aliphatic heterocycles. The van der Waals surface area contributed by atoms with E-state index in [0.717, 1.165) is 5.56 Å². The molecule has 0 atom stereocenters. The lowest BCUT2D eigenvalue weighted by Crippen LogP contribution is -2.53. The molecule has 0 bridgehead atoms. The van der Waals surface area contributed by atoms with Gasteiger partial charge in [-0.1, -0.05) is 27.5 Å². The maximum atomic E-state index is 12.8. The predicted molar refractivity (Wildman–Crippen MR) is 105 cm³/mol. The number of benzene rings is 1. The second kappa shape index (κ2) is 8.17. The van der Waals surface area contributed by atoms with Crippen LogP contribution < -0.4 is 5.32 Å². The molecular formula is C16H19BrClN5O3S. The summed E-state index contributed by atoms with van der Waals surface area (Å²) in [5.41, 5.74) is 0.900. The number of hydrogen-bond donors (Lipinski definition) is 1. The topological polar surface area (TPSA) is 87.5 Å². The fourth-order valence-electron chi connectivity index (χ4n) is 2.81. The Balaban J connectivity index is 1.58. The van der Waals surface area contributed by atoms with E-state index in [9.17, 15) is 13.2 Å². The fourth-order valence-corrected chi connectivity index (χ4v) is 5.24. The molecule has 2 heterocycles. The fraction of sp³-hybridized carbons (Fsp3) is 0.375. The van der Waals surface area contributed by atoms with Crippen molar-refractivity contribution in [2.45, 2.75) is 11.4 Å². The van der Waals surface area contributed by atoms with Crippen LogP contribution >= 0.6 is 27.5 Å². The molecule has 1 aromatic carbocycles. The number of amides is 2. The van der Waals surface area contributed by atoms with Crippen LogP contribution in [0.3, 0.4) is 0 Å². The van der Waals surface area contributed by atoms with Crippen molar-refractivity contribution in [1.82, 2.24) is 24.3 Å². The van der Waals surface area contributed by atoms with E-state index in [0.29, 0.717) is 24.1 Å². The van der Waals surface area contributed by atoms with E-state index in [-0.39, 0.29) is 29.0 Å². The molecule has 0 saturated carbocycles. The van der Waals surface area contributed by atoms with Gasteiger partial charge in [-0.2, -0.15) is 9.40 Å². The van der Waals surface area contributed by atoms with Crippen LogP contribution in [-0.4, -0.2) is 59.6 Å². The molecule has 1 aromatic heterocycles. The Bertz CT molecular complexity index is 941. The van der Waals surface area contributed by atoms with E-state index in [1.54, 1.807) is 27.9 Å². The lowest BCUT2D eigenvalue weighted by molar-refractivity contribution is 0.172. The summed E-state index contributed by atoms with van der Waals surface area (Å²) in [5, 5.41) is 7.04. The minimum absolute atomic E-state index is 0.0712. The molecule has 2 aromatic rings. The third-order valence-corrected chi connectivity index (χ3v) is 7.11. The molecule has 1 saturated heterocycles. The van der Waals surface area contributed by atoms with Crippen molar-refractivity contribution in [3.05, 3.63) is 45.7 Å². The smallest absolute Gasteiger partial charge is 0.317 e. The van der Waals surface area contributed by atoms with Crippen LogP contribution in [0.15, 0.2) is 40.0 Å². The van der Waals surface area contributed by atoms with Crippen LogP contribution in [0.1, 0.15) is 5.56 Å². The summed E-state index contributed by atoms with van der Waals surface area (Å²) in [6.07, 6.45) is 3.51. The number of rotatable bonds is 4. The number of nitrogens with zero attached hydrogens (tertiary/aromatic N) is 4. The summed E-state index contributed by atoms with van der Waals surface area (Å²) >= 11 is 9.36. The van der Waals surface area contributed by atoms with E-state index in [4.69, 9.17) is 11.6 Å². The Morgan fingerprint density at radius 2 is 2.00 bits per heavy atom. The van der Waals surface area contributed by atoms with Crippen LogP contribution in [0.4, 0.5) is 4.79 Å². The number of nitrogens with one attached hydrogen (secondary N) is 1. The third-order valence-electron chi connectivity index (χ3n) is 4.24. The molecule has 8 nitrogen and oxygen atoms in total. The lowest BCUT2D eigenvalue weighted by Gasteiger charge is -2.34. The molecular weight excluding hydrogens is 458 g/mol. The zero-order valence-corrected chi connectivity index (χ0v) is 17.8. The zero-order valence-electron chi connectivity index (χ0n) is 14.6. The summed E-state index contributed by atoms with van der Waals surface area (Å²) in [6.45, 7) is 1.43. The van der Waals surface area contributed by atoms with E-state index in [1.807, 2.05) is 13.2 Å². The minimum atomic E-state index is -3.70. The highest BCUT2D eigenvalue weighted by molar-refractivity contribution is 9.10. The van der Waals surface area contributed by atoms with Crippen molar-refractivity contribution in [3.8, 4) is 0 Å². The van der Waals surface area contributed by atoms with E-state index >= 15 is 0 Å². The average molecular weight is 477 g/mol. The summed E-state index contributed by atoms with van der Waals surface area (Å²) in [7, 11) is -1.89. The van der Waals surface area contributed by atoms with Crippen molar-refractivity contribution in [2.75, 3.05) is 26.2 Å². The standard InChI is InChI=1S/C16H19BrClN5O3S/c1-21-11-12(10-20-21)9-19-16(24)22-4-6-23(7-5-22)27(25,26)15-3-2-13(17)8-14(15)18/h2-3,8,10-11H,4-7,9H2,1H3,(H,19,24). The van der Waals surface area contributed by atoms with Gasteiger partial charge >= 0.3 is 6.03 Å². The van der Waals surface area contributed by atoms with Gasteiger partial charge in [0, 0.05) is 56.0 Å². The minimum Gasteiger partial charge on any atom is -0.334 e. The Kier molecular flexibility index (Phi) is 6.09. The number of halogens is 2. The highest BCUT2D eigenvalue weighted by atomic mass is 79.9. The van der Waals surface area contributed by atoms with Crippen LogP contribution in [0.2, 0.25) is 5.02 Å². The molecule has 11 heteroatoms. The number of sulfonamides is 1. The first-order valence-electron chi connectivity index (χ1n) is 8.23. The molecule has 0 aliphatic carbocycles. The van der Waals surface area contributed by atoms with Crippen molar-refractivity contribution in [1.29, 1.82) is 0 Å². The van der Waals surface area contributed by atoms with Crippen LogP contribution in [0, 0.1) is 0 Å². The van der Waals surface area contributed by atoms with Gasteiger partial charge in [-0.3, -0.25) is 4.68 Å². The van der Waals surface area contributed by atoms with Gasteiger partial charge in [0.15, 0.2) is 0 Å². The first kappa shape index (κ1) is 20.1. The molecule has 0 radical (unpaired) electrons. The molecule has 0 spiro atoms. The summed E-state index contributed by atoms with van der Waals surface area (Å²) in [6, 6.07) is 4.45. The molecule has 2 amide bonds. The molecule has 27 heavy (non-hydrogen) atoms. The van der Waals surface area contributed by atoms with Gasteiger partial charge in [0.1, 0.15) is 4.90 Å². The Morgan fingerprint density at radius 3 is 2.59 bits per heavy atom. The van der Waals surface area contributed by atoms with Crippen molar-refractivity contribution in [2.24, 2.45) is 7.05 Å². The van der Waals surface area contributed by atoms with Crippen LogP contribution in [0.5, 0.6) is 0 Å². The molecule has 1 aliphatic rings. The third kappa shape index (κ3) is 4.63. The maximum absolute atomic E-state index is 12.8. The second-order valence-electron chi connectivity index (χ2n) is 6.15. The Hall–Kier alpha value is -1.62. The number of hydrogen-bond acceptors (Lipinski definition) is 4. The first-order valence-corrected chi connectivity index (χ1v) is 10.8. The number of urea groups is 1. The van der Waals surface area contributed by atoms with E-state index in [2.05, 4.69) is 26.3 Å². The van der Waals surface area contributed by atoms with Crippen LogP contribution in [-0.2, 0) is 23.6 Å². The molecule has 1 fully saturated rings. The molecule has 1 N–H and O–H groups in total. The predicted octanol–water partition coefficient (Wildman–Crippen LogP) is 2.05. The Labute approximate surface area is 171 Å². The van der Waals surface area contributed by atoms with E-state index < -0.39 is 10.0 Å². The maximum Gasteiger partial charge on any atom is 0.317 e. The van der Waals surface area contributed by atoms with Gasteiger partial charge in [-0.05, 0) is 18.2 Å². The first-order chi connectivity index (χ1) is 12.8. The summed E-state index contributed by atoms with van der Waals surface area (Å²) in [4.78, 5) is 14.0. The molecule has 3 rings (SSSR count). The molecule has 0 unspecified atom stereocenters. The number of carbonyl (C=O) groups excluding carboxylic acids is 1. The SMILES string of the molecule is Cn1cc(CNC(=O)N2CCN(S(=O)(=O)c3ccc(Br)cc3Cl)CC2)cn1. The quantitative estimate of drug-likeness (QED) is 0.732. The average Bonchev–Trinajstić information content (AvgIpc) is 3.05. The van der Waals surface area contributed by atoms with Gasteiger partial charge in [-0.25, -0.2) is 13.2 Å². The normalized spacial score (nSPS) is 15.7. The number of carbonyl (C=O) groups is 1. The number of piperazine rings is 1. The monoisotopic (exact) mass is 475 g/mol. The van der Waals surface area contributed by atoms with Gasteiger partial charge in [0.25, 0.3) is 0 Å². The van der Waals surface area contributed by atoms with Crippen molar-refractivity contribution >= 4 is 43.6 Å². The number of aryl methyl sites for hydroxylation is 1. The second-order valence-corrected chi connectivity index (χ2v) is 9.38. The van der Waals surface area contributed by atoms with Gasteiger partial charge in [0.2, 0.25) is 10.0 Å². The summed E-state index contributed by atoms with van der Waals surface area (Å²) < 4.78 is 29.3. The van der Waals surface area contributed by atoms with Gasteiger partial charge in [0.05, 0.1) is 11.2 Å². The Morgan fingerprint density at radius 1 is 1.30 bits per heavy atom. The highest BCUT2D eigenvalue weighted by Gasteiger charge is 2.31. The summed E-state index contributed by atoms with van der Waals surface area (Å²) in [5.74, 6) is 0. The highest BCUT2D eigenvalue weighted by Crippen LogP contribution is 2.28. The van der Waals surface area contributed by atoms with Gasteiger partial charge in [-0.15, -0.1) is 0 Å². The lowest BCUT2D eigenvalue weighted by atomic mass is 10.3. The zero-order chi connectivity index (χ0) is 19.6. The van der Waals surface area contributed by atoms with Crippen molar-refractivity contribution < 1.29 is 13.2 Å². The van der Waals surface area contributed by atoms with Crippen molar-refractivity contribution in [3.63, 3.8) is 0 Å². The number of aromatic nitrogens is 2. The molecule has 146 valence electrons. The van der Waals surface area contributed by atoms with Gasteiger partial charge < -0.3 is 10.2 Å².